The molecule has 2 amide bonds. The Balaban J connectivity index is 2.02. The maximum atomic E-state index is 11.9. The minimum atomic E-state index is -0.0250. The van der Waals surface area contributed by atoms with E-state index in [1.807, 2.05) is 12.1 Å². The Kier molecular flexibility index (Phi) is 4.55. The van der Waals surface area contributed by atoms with E-state index >= 15 is 0 Å². The van der Waals surface area contributed by atoms with Crippen LogP contribution >= 0.6 is 0 Å². The van der Waals surface area contributed by atoms with Gasteiger partial charge in [0.15, 0.2) is 0 Å². The quantitative estimate of drug-likeness (QED) is 0.860. The van der Waals surface area contributed by atoms with Gasteiger partial charge in [0.25, 0.3) is 0 Å². The number of likely N-dealkylation sites (N-methyl/N-ethyl adjacent to an activating group) is 1. The number of nitrogens with zero attached hydrogens (tertiary/aromatic N) is 3. The summed E-state index contributed by atoms with van der Waals surface area (Å²) in [4.78, 5) is 30.8. The summed E-state index contributed by atoms with van der Waals surface area (Å²) in [5.74, 6) is 0.757. The molecule has 0 radical (unpaired) electrons. The number of amides is 2. The highest BCUT2D eigenvalue weighted by atomic mass is 16.2. The fraction of sp³-hybridized carbons (Fsp3) is 0.500. The van der Waals surface area contributed by atoms with E-state index in [2.05, 4.69) is 17.2 Å². The molecule has 0 aromatic carbocycles. The molecule has 0 saturated carbocycles. The average molecular weight is 276 g/mol. The lowest BCUT2D eigenvalue weighted by molar-refractivity contribution is -0.149. The fourth-order valence-corrected chi connectivity index (χ4v) is 2.05. The monoisotopic (exact) mass is 276 g/mol. The van der Waals surface area contributed by atoms with Gasteiger partial charge in [0.05, 0.1) is 6.54 Å². The van der Waals surface area contributed by atoms with E-state index < -0.39 is 0 Å². The molecule has 1 aliphatic heterocycles. The molecular formula is C14H20N4O2. The molecule has 1 aliphatic rings. The van der Waals surface area contributed by atoms with Gasteiger partial charge in [-0.2, -0.15) is 0 Å². The van der Waals surface area contributed by atoms with Crippen LogP contribution in [0.15, 0.2) is 18.3 Å². The van der Waals surface area contributed by atoms with Crippen LogP contribution in [0.5, 0.6) is 0 Å². The number of rotatable bonds is 5. The molecule has 20 heavy (non-hydrogen) atoms. The zero-order chi connectivity index (χ0) is 14.5. The number of pyridine rings is 1. The Morgan fingerprint density at radius 1 is 1.30 bits per heavy atom. The summed E-state index contributed by atoms with van der Waals surface area (Å²) < 4.78 is 0. The van der Waals surface area contributed by atoms with Crippen LogP contribution in [-0.4, -0.2) is 53.3 Å². The first-order valence-corrected chi connectivity index (χ1v) is 6.80. The van der Waals surface area contributed by atoms with Gasteiger partial charge in [0.2, 0.25) is 11.8 Å². The Bertz CT molecular complexity index is 504. The second kappa shape index (κ2) is 6.36. The predicted octanol–water partition coefficient (Wildman–Crippen LogP) is 0.704. The van der Waals surface area contributed by atoms with Gasteiger partial charge < -0.3 is 15.1 Å². The first-order valence-electron chi connectivity index (χ1n) is 6.80. The third-order valence-corrected chi connectivity index (χ3v) is 3.23. The van der Waals surface area contributed by atoms with Crippen LogP contribution in [0.4, 0.5) is 5.82 Å². The van der Waals surface area contributed by atoms with E-state index in [1.54, 1.807) is 18.1 Å². The number of nitrogens with one attached hydrogen (secondary N) is 1. The highest BCUT2D eigenvalue weighted by molar-refractivity contribution is 5.92. The molecule has 2 heterocycles. The van der Waals surface area contributed by atoms with E-state index in [0.29, 0.717) is 6.54 Å². The summed E-state index contributed by atoms with van der Waals surface area (Å²) in [7, 11) is 1.65. The first-order chi connectivity index (χ1) is 9.60. The smallest absolute Gasteiger partial charge is 0.242 e. The lowest BCUT2D eigenvalue weighted by Crippen LogP contribution is -2.51. The molecule has 1 aromatic rings. The van der Waals surface area contributed by atoms with Crippen molar-refractivity contribution in [2.24, 2.45) is 0 Å². The zero-order valence-corrected chi connectivity index (χ0v) is 11.9. The van der Waals surface area contributed by atoms with Gasteiger partial charge in [0.1, 0.15) is 12.4 Å². The third-order valence-electron chi connectivity index (χ3n) is 3.23. The molecule has 0 aliphatic carbocycles. The van der Waals surface area contributed by atoms with Gasteiger partial charge in [-0.1, -0.05) is 6.92 Å². The molecule has 1 saturated heterocycles. The third kappa shape index (κ3) is 3.46. The molecule has 6 heteroatoms. The number of carbonyl (C=O) groups is 2. The summed E-state index contributed by atoms with van der Waals surface area (Å²) in [5, 5.41) is 3.21. The van der Waals surface area contributed by atoms with Crippen molar-refractivity contribution < 1.29 is 9.59 Å². The van der Waals surface area contributed by atoms with Crippen molar-refractivity contribution in [3.05, 3.63) is 23.9 Å². The van der Waals surface area contributed by atoms with Gasteiger partial charge in [-0.3, -0.25) is 9.59 Å². The zero-order valence-electron chi connectivity index (χ0n) is 11.9. The van der Waals surface area contributed by atoms with Gasteiger partial charge >= 0.3 is 0 Å². The standard InChI is InChI=1S/C14H20N4O2/c1-3-5-15-12-7-11(4-6-16-12)8-18-10-13(19)17(2)9-14(18)20/h4,6-7H,3,5,8-10H2,1-2H3,(H,15,16). The normalized spacial score (nSPS) is 15.7. The Hall–Kier alpha value is -2.11. The van der Waals surface area contributed by atoms with Crippen LogP contribution in [0.25, 0.3) is 0 Å². The molecule has 0 spiro atoms. The van der Waals surface area contributed by atoms with Crippen molar-refractivity contribution in [3.8, 4) is 0 Å². The van der Waals surface area contributed by atoms with Crippen molar-refractivity contribution in [2.75, 3.05) is 32.0 Å². The summed E-state index contributed by atoms with van der Waals surface area (Å²) in [6, 6.07) is 3.79. The maximum absolute atomic E-state index is 11.9. The molecule has 0 unspecified atom stereocenters. The second-order valence-electron chi connectivity index (χ2n) is 4.98. The topological polar surface area (TPSA) is 65.5 Å². The average Bonchev–Trinajstić information content (AvgIpc) is 2.43. The highest BCUT2D eigenvalue weighted by Gasteiger charge is 2.27. The summed E-state index contributed by atoms with van der Waals surface area (Å²) in [6.45, 7) is 3.70. The van der Waals surface area contributed by atoms with Crippen molar-refractivity contribution >= 4 is 17.6 Å². The number of piperazine rings is 1. The number of hydrogen-bond acceptors (Lipinski definition) is 4. The Morgan fingerprint density at radius 2 is 2.10 bits per heavy atom. The molecule has 1 aromatic heterocycles. The number of hydrogen-bond donors (Lipinski definition) is 1. The van der Waals surface area contributed by atoms with Gasteiger partial charge in [-0.25, -0.2) is 4.98 Å². The maximum Gasteiger partial charge on any atom is 0.242 e. The van der Waals surface area contributed by atoms with Crippen LogP contribution in [0.3, 0.4) is 0 Å². The summed E-state index contributed by atoms with van der Waals surface area (Å²) in [6.07, 6.45) is 2.74. The van der Waals surface area contributed by atoms with Crippen molar-refractivity contribution in [3.63, 3.8) is 0 Å². The summed E-state index contributed by atoms with van der Waals surface area (Å²) in [5.41, 5.74) is 0.976. The van der Waals surface area contributed by atoms with Crippen molar-refractivity contribution in [2.45, 2.75) is 19.9 Å². The van der Waals surface area contributed by atoms with Crippen LogP contribution in [-0.2, 0) is 16.1 Å². The SMILES string of the molecule is CCCNc1cc(CN2CC(=O)N(C)CC2=O)ccn1. The van der Waals surface area contributed by atoms with Gasteiger partial charge in [-0.05, 0) is 24.1 Å². The van der Waals surface area contributed by atoms with E-state index in [-0.39, 0.29) is 24.9 Å². The Labute approximate surface area is 118 Å². The molecule has 6 nitrogen and oxygen atoms in total. The first kappa shape index (κ1) is 14.3. The fourth-order valence-electron chi connectivity index (χ4n) is 2.05. The van der Waals surface area contributed by atoms with Crippen molar-refractivity contribution in [1.29, 1.82) is 0 Å². The molecule has 0 atom stereocenters. The number of carbonyl (C=O) groups excluding carboxylic acids is 2. The van der Waals surface area contributed by atoms with Gasteiger partial charge in [0, 0.05) is 26.3 Å². The molecule has 2 rings (SSSR count). The Morgan fingerprint density at radius 3 is 2.85 bits per heavy atom. The highest BCUT2D eigenvalue weighted by Crippen LogP contribution is 2.12. The lowest BCUT2D eigenvalue weighted by atomic mass is 10.2. The van der Waals surface area contributed by atoms with E-state index in [9.17, 15) is 9.59 Å². The van der Waals surface area contributed by atoms with E-state index in [0.717, 1.165) is 24.3 Å². The minimum Gasteiger partial charge on any atom is -0.370 e. The molecule has 1 fully saturated rings. The van der Waals surface area contributed by atoms with Crippen LogP contribution < -0.4 is 5.32 Å². The summed E-state index contributed by atoms with van der Waals surface area (Å²) >= 11 is 0. The second-order valence-corrected chi connectivity index (χ2v) is 4.98. The van der Waals surface area contributed by atoms with E-state index in [4.69, 9.17) is 0 Å². The largest absolute Gasteiger partial charge is 0.370 e. The number of anilines is 1. The van der Waals surface area contributed by atoms with E-state index in [1.165, 1.54) is 4.90 Å². The molecule has 108 valence electrons. The van der Waals surface area contributed by atoms with Crippen LogP contribution in [0.2, 0.25) is 0 Å². The predicted molar refractivity (Wildman–Crippen MR) is 76.1 cm³/mol. The van der Waals surface area contributed by atoms with Gasteiger partial charge in [-0.15, -0.1) is 0 Å². The van der Waals surface area contributed by atoms with Crippen molar-refractivity contribution in [1.82, 2.24) is 14.8 Å². The minimum absolute atomic E-state index is 0.0213. The lowest BCUT2D eigenvalue weighted by Gasteiger charge is -2.31. The molecule has 1 N–H and O–H groups in total. The van der Waals surface area contributed by atoms with Crippen LogP contribution in [0, 0.1) is 0 Å². The van der Waals surface area contributed by atoms with Crippen LogP contribution in [0.1, 0.15) is 18.9 Å². The number of aromatic nitrogens is 1. The molecular weight excluding hydrogens is 256 g/mol. The molecule has 0 bridgehead atoms.